The van der Waals surface area contributed by atoms with E-state index in [0.29, 0.717) is 12.1 Å². The van der Waals surface area contributed by atoms with Gasteiger partial charge in [0.05, 0.1) is 19.8 Å². The first-order chi connectivity index (χ1) is 12.0. The fourth-order valence-corrected chi connectivity index (χ4v) is 2.36. The van der Waals surface area contributed by atoms with Gasteiger partial charge in [0.1, 0.15) is 5.78 Å². The van der Waals surface area contributed by atoms with Crippen molar-refractivity contribution in [3.8, 4) is 0 Å². The Hall–Kier alpha value is -2.71. The summed E-state index contributed by atoms with van der Waals surface area (Å²) in [4.78, 5) is 48.6. The molecule has 0 saturated carbocycles. The molecule has 0 heterocycles. The van der Waals surface area contributed by atoms with Gasteiger partial charge in [0.25, 0.3) is 0 Å². The fraction of sp³-hybridized carbons (Fsp3) is 0.412. The van der Waals surface area contributed by atoms with Gasteiger partial charge >= 0.3 is 18.1 Å². The molecule has 1 aromatic carbocycles. The van der Waals surface area contributed by atoms with Gasteiger partial charge in [0.2, 0.25) is 5.41 Å². The molecule has 0 N–H and O–H groups in total. The van der Waals surface area contributed by atoms with Crippen LogP contribution in [0.2, 0.25) is 0 Å². The second-order valence-electron chi connectivity index (χ2n) is 5.49. The number of halogens is 3. The zero-order valence-corrected chi connectivity index (χ0v) is 14.3. The molecule has 26 heavy (non-hydrogen) atoms. The van der Waals surface area contributed by atoms with Crippen LogP contribution in [0.15, 0.2) is 24.3 Å². The number of rotatable bonds is 7. The predicted molar refractivity (Wildman–Crippen MR) is 82.2 cm³/mol. The van der Waals surface area contributed by atoms with Gasteiger partial charge in [-0.1, -0.05) is 12.1 Å². The summed E-state index contributed by atoms with van der Waals surface area (Å²) in [5, 5.41) is 0. The highest BCUT2D eigenvalue weighted by Crippen LogP contribution is 2.34. The van der Waals surface area contributed by atoms with Crippen molar-refractivity contribution < 1.29 is 41.8 Å². The van der Waals surface area contributed by atoms with E-state index >= 15 is 0 Å². The van der Waals surface area contributed by atoms with Crippen molar-refractivity contribution in [2.24, 2.45) is 5.41 Å². The molecule has 9 heteroatoms. The number of esters is 2. The molecular formula is C17H17F3O6. The molecule has 0 aromatic heterocycles. The van der Waals surface area contributed by atoms with Crippen LogP contribution in [-0.4, -0.2) is 37.7 Å². The molecule has 0 spiro atoms. The highest BCUT2D eigenvalue weighted by Gasteiger charge is 2.55. The van der Waals surface area contributed by atoms with E-state index in [1.165, 1.54) is 6.92 Å². The fourth-order valence-electron chi connectivity index (χ4n) is 2.36. The largest absolute Gasteiger partial charge is 0.468 e. The Morgan fingerprint density at radius 3 is 1.73 bits per heavy atom. The highest BCUT2D eigenvalue weighted by molar-refractivity contribution is 6.25. The van der Waals surface area contributed by atoms with E-state index in [4.69, 9.17) is 0 Å². The number of ketones is 2. The molecule has 0 bridgehead atoms. The first kappa shape index (κ1) is 21.3. The summed E-state index contributed by atoms with van der Waals surface area (Å²) in [7, 11) is 1.88. The van der Waals surface area contributed by atoms with E-state index in [2.05, 4.69) is 9.47 Å². The number of hydrogen-bond acceptors (Lipinski definition) is 6. The first-order valence-corrected chi connectivity index (χ1v) is 7.39. The Kier molecular flexibility index (Phi) is 6.66. The quantitative estimate of drug-likeness (QED) is 0.414. The number of carbonyl (C=O) groups excluding carboxylic acids is 4. The minimum atomic E-state index is -4.61. The van der Waals surface area contributed by atoms with Crippen molar-refractivity contribution in [1.82, 2.24) is 0 Å². The van der Waals surface area contributed by atoms with Crippen LogP contribution >= 0.6 is 0 Å². The molecule has 0 aliphatic carbocycles. The highest BCUT2D eigenvalue weighted by atomic mass is 19.4. The Morgan fingerprint density at radius 2 is 1.38 bits per heavy atom. The zero-order chi connectivity index (χ0) is 20.1. The number of hydrogen-bond donors (Lipinski definition) is 0. The van der Waals surface area contributed by atoms with Gasteiger partial charge < -0.3 is 14.3 Å². The third-order valence-electron chi connectivity index (χ3n) is 3.78. The maximum absolute atomic E-state index is 12.8. The summed E-state index contributed by atoms with van der Waals surface area (Å²) in [6, 6.07) is 2.99. The lowest BCUT2D eigenvalue weighted by Gasteiger charge is -2.26. The summed E-state index contributed by atoms with van der Waals surface area (Å²) >= 11 is 0. The molecule has 142 valence electrons. The van der Waals surface area contributed by atoms with E-state index < -0.39 is 47.1 Å². The minimum absolute atomic E-state index is 0.309. The Morgan fingerprint density at radius 1 is 0.923 bits per heavy atom. The summed E-state index contributed by atoms with van der Waals surface area (Å²) in [6.45, 7) is 1.20. The van der Waals surface area contributed by atoms with E-state index in [1.807, 2.05) is 0 Å². The molecule has 0 saturated heterocycles. The van der Waals surface area contributed by atoms with Gasteiger partial charge in [-0.15, -0.1) is 0 Å². The average molecular weight is 374 g/mol. The topological polar surface area (TPSA) is 86.7 Å². The van der Waals surface area contributed by atoms with E-state index in [-0.39, 0.29) is 12.0 Å². The Balaban J connectivity index is 3.44. The first-order valence-electron chi connectivity index (χ1n) is 7.39. The molecular weight excluding hydrogens is 357 g/mol. The summed E-state index contributed by atoms with van der Waals surface area (Å²) in [5.41, 5.74) is -3.80. The van der Waals surface area contributed by atoms with Crippen LogP contribution in [0.5, 0.6) is 0 Å². The van der Waals surface area contributed by atoms with Crippen LogP contribution in [0, 0.1) is 5.41 Å². The monoisotopic (exact) mass is 374 g/mol. The average Bonchev–Trinajstić information content (AvgIpc) is 2.60. The Bertz CT molecular complexity index is 690. The molecule has 6 nitrogen and oxygen atoms in total. The standard InChI is InChI=1S/C17H17F3O6/c1-10(21)8-9-16(14(23)25-2,15(24)26-3)13(22)11-4-6-12(7-5-11)17(18,19)20/h4-7H,8-9H2,1-3H3. The second-order valence-corrected chi connectivity index (χ2v) is 5.49. The lowest BCUT2D eigenvalue weighted by Crippen LogP contribution is -2.48. The van der Waals surface area contributed by atoms with Crippen molar-refractivity contribution in [2.75, 3.05) is 14.2 Å². The lowest BCUT2D eigenvalue weighted by molar-refractivity contribution is -0.165. The Labute approximate surface area is 147 Å². The van der Waals surface area contributed by atoms with Crippen LogP contribution in [-0.2, 0) is 30.0 Å². The molecule has 0 fully saturated rings. The maximum atomic E-state index is 12.8. The van der Waals surface area contributed by atoms with Crippen LogP contribution < -0.4 is 0 Å². The molecule has 0 amide bonds. The lowest BCUT2D eigenvalue weighted by atomic mass is 9.76. The predicted octanol–water partition coefficient (Wildman–Crippen LogP) is 2.59. The molecule has 1 rings (SSSR count). The van der Waals surface area contributed by atoms with E-state index in [1.54, 1.807) is 0 Å². The van der Waals surface area contributed by atoms with Gasteiger partial charge in [-0.3, -0.25) is 14.4 Å². The number of ether oxygens (including phenoxy) is 2. The number of benzene rings is 1. The second kappa shape index (κ2) is 8.11. The summed E-state index contributed by atoms with van der Waals surface area (Å²) in [6.07, 6.45) is -5.45. The van der Waals surface area contributed by atoms with E-state index in [0.717, 1.165) is 26.4 Å². The van der Waals surface area contributed by atoms with E-state index in [9.17, 15) is 32.3 Å². The third kappa shape index (κ3) is 4.27. The van der Waals surface area contributed by atoms with Gasteiger partial charge in [-0.25, -0.2) is 0 Å². The number of Topliss-reactive ketones (excluding diaryl/α,β-unsaturated/α-hetero) is 2. The SMILES string of the molecule is COC(=O)C(CCC(C)=O)(C(=O)OC)C(=O)c1ccc(C(F)(F)F)cc1. The van der Waals surface area contributed by atoms with Crippen LogP contribution in [0.25, 0.3) is 0 Å². The van der Waals surface area contributed by atoms with Crippen molar-refractivity contribution in [3.63, 3.8) is 0 Å². The van der Waals surface area contributed by atoms with Crippen LogP contribution in [0.4, 0.5) is 13.2 Å². The third-order valence-corrected chi connectivity index (χ3v) is 3.78. The minimum Gasteiger partial charge on any atom is -0.468 e. The molecule has 0 atom stereocenters. The zero-order valence-electron chi connectivity index (χ0n) is 14.3. The number of alkyl halides is 3. The van der Waals surface area contributed by atoms with Crippen LogP contribution in [0.3, 0.4) is 0 Å². The van der Waals surface area contributed by atoms with Crippen molar-refractivity contribution in [1.29, 1.82) is 0 Å². The van der Waals surface area contributed by atoms with Gasteiger partial charge in [0, 0.05) is 12.0 Å². The molecule has 0 aliphatic rings. The molecule has 0 radical (unpaired) electrons. The van der Waals surface area contributed by atoms with Gasteiger partial charge in [-0.2, -0.15) is 13.2 Å². The molecule has 0 unspecified atom stereocenters. The summed E-state index contributed by atoms with van der Waals surface area (Å²) in [5.74, 6) is -4.01. The van der Waals surface area contributed by atoms with Crippen molar-refractivity contribution in [3.05, 3.63) is 35.4 Å². The maximum Gasteiger partial charge on any atom is 0.416 e. The molecule has 1 aromatic rings. The van der Waals surface area contributed by atoms with Gasteiger partial charge in [-0.05, 0) is 25.5 Å². The number of methoxy groups -OCH3 is 2. The van der Waals surface area contributed by atoms with Crippen molar-refractivity contribution in [2.45, 2.75) is 25.9 Å². The normalized spacial score (nSPS) is 11.6. The van der Waals surface area contributed by atoms with Crippen LogP contribution in [0.1, 0.15) is 35.7 Å². The van der Waals surface area contributed by atoms with Crippen molar-refractivity contribution >= 4 is 23.5 Å². The van der Waals surface area contributed by atoms with Gasteiger partial charge in [0.15, 0.2) is 5.78 Å². The smallest absolute Gasteiger partial charge is 0.416 e. The number of carbonyl (C=O) groups is 4. The summed E-state index contributed by atoms with van der Waals surface area (Å²) < 4.78 is 47.1. The molecule has 0 aliphatic heterocycles.